The van der Waals surface area contributed by atoms with E-state index in [0.717, 1.165) is 22.3 Å². The van der Waals surface area contributed by atoms with Gasteiger partial charge in [0.15, 0.2) is 0 Å². The summed E-state index contributed by atoms with van der Waals surface area (Å²) in [5, 5.41) is 0. The second-order valence-electron chi connectivity index (χ2n) is 6.44. The molecule has 4 nitrogen and oxygen atoms in total. The molecule has 0 atom stereocenters. The molecule has 5 heteroatoms. The first kappa shape index (κ1) is 18.3. The Balaban J connectivity index is 2.54. The van der Waals surface area contributed by atoms with Crippen LogP contribution in [-0.4, -0.2) is 15.5 Å². The number of hydrogen-bond acceptors (Lipinski definition) is 3. The Morgan fingerprint density at radius 1 is 1.00 bits per heavy atom. The van der Waals surface area contributed by atoms with Gasteiger partial charge in [-0.15, -0.1) is 0 Å². The van der Waals surface area contributed by atoms with Crippen LogP contribution in [0.3, 0.4) is 0 Å². The van der Waals surface area contributed by atoms with Crippen LogP contribution in [0.2, 0.25) is 0 Å². The van der Waals surface area contributed by atoms with Crippen molar-refractivity contribution in [3.8, 4) is 5.75 Å². The fourth-order valence-electron chi connectivity index (χ4n) is 2.79. The van der Waals surface area contributed by atoms with E-state index in [9.17, 15) is 8.42 Å². The van der Waals surface area contributed by atoms with Crippen LogP contribution in [0.1, 0.15) is 42.0 Å². The lowest BCUT2D eigenvalue weighted by molar-refractivity contribution is 0.402. The van der Waals surface area contributed by atoms with E-state index in [2.05, 4.69) is 4.72 Å². The van der Waals surface area contributed by atoms with Crippen LogP contribution >= 0.6 is 0 Å². The normalized spacial score (nSPS) is 11.6. The number of nitrogens with one attached hydrogen (secondary N) is 1. The second-order valence-corrected chi connectivity index (χ2v) is 8.10. The predicted molar refractivity (Wildman–Crippen MR) is 98.5 cm³/mol. The molecule has 0 saturated carbocycles. The Labute approximate surface area is 144 Å². The molecule has 0 aliphatic carbocycles. The number of benzene rings is 2. The Kier molecular flexibility index (Phi) is 5.23. The highest BCUT2D eigenvalue weighted by molar-refractivity contribution is 7.92. The zero-order chi connectivity index (χ0) is 18.1. The van der Waals surface area contributed by atoms with Crippen LogP contribution < -0.4 is 9.46 Å². The van der Waals surface area contributed by atoms with Gasteiger partial charge in [0.1, 0.15) is 10.6 Å². The van der Waals surface area contributed by atoms with Crippen molar-refractivity contribution in [1.29, 1.82) is 0 Å². The van der Waals surface area contributed by atoms with Crippen molar-refractivity contribution in [2.75, 3.05) is 11.8 Å². The van der Waals surface area contributed by atoms with Gasteiger partial charge in [0, 0.05) is 0 Å². The summed E-state index contributed by atoms with van der Waals surface area (Å²) < 4.78 is 33.9. The Morgan fingerprint density at radius 3 is 2.08 bits per heavy atom. The van der Waals surface area contributed by atoms with Gasteiger partial charge in [-0.2, -0.15) is 0 Å². The summed E-state index contributed by atoms with van der Waals surface area (Å²) in [6.45, 7) is 9.85. The molecular weight excluding hydrogens is 322 g/mol. The number of rotatable bonds is 5. The maximum atomic E-state index is 13.0. The first-order valence-electron chi connectivity index (χ1n) is 7.94. The van der Waals surface area contributed by atoms with Crippen molar-refractivity contribution >= 4 is 15.7 Å². The van der Waals surface area contributed by atoms with Gasteiger partial charge in [-0.25, -0.2) is 8.42 Å². The molecule has 0 bridgehead atoms. The first-order valence-corrected chi connectivity index (χ1v) is 9.42. The van der Waals surface area contributed by atoms with E-state index in [-0.39, 0.29) is 10.8 Å². The number of ether oxygens (including phenoxy) is 1. The SMILES string of the molecule is COc1ccc(C(C)C)cc1S(=O)(=O)Nc1c(C)cc(C)cc1C. The van der Waals surface area contributed by atoms with Crippen molar-refractivity contribution in [2.24, 2.45) is 0 Å². The van der Waals surface area contributed by atoms with Crippen LogP contribution in [0.5, 0.6) is 5.75 Å². The lowest BCUT2D eigenvalue weighted by Gasteiger charge is -2.17. The van der Waals surface area contributed by atoms with Crippen molar-refractivity contribution in [3.05, 3.63) is 52.6 Å². The average molecular weight is 347 g/mol. The molecule has 2 aromatic carbocycles. The van der Waals surface area contributed by atoms with Gasteiger partial charge in [0.2, 0.25) is 0 Å². The summed E-state index contributed by atoms with van der Waals surface area (Å²) in [4.78, 5) is 0.163. The lowest BCUT2D eigenvalue weighted by Crippen LogP contribution is -2.16. The molecular formula is C19H25NO3S. The van der Waals surface area contributed by atoms with Gasteiger partial charge >= 0.3 is 0 Å². The largest absolute Gasteiger partial charge is 0.495 e. The van der Waals surface area contributed by atoms with E-state index in [0.29, 0.717) is 11.4 Å². The summed E-state index contributed by atoms with van der Waals surface area (Å²) in [5.41, 5.74) is 4.48. The molecule has 0 radical (unpaired) electrons. The number of methoxy groups -OCH3 is 1. The topological polar surface area (TPSA) is 55.4 Å². The number of anilines is 1. The monoisotopic (exact) mass is 347 g/mol. The van der Waals surface area contributed by atoms with Crippen LogP contribution in [0, 0.1) is 20.8 Å². The van der Waals surface area contributed by atoms with E-state index >= 15 is 0 Å². The van der Waals surface area contributed by atoms with Gasteiger partial charge in [-0.05, 0) is 55.5 Å². The lowest BCUT2D eigenvalue weighted by atomic mass is 10.0. The molecule has 130 valence electrons. The molecule has 1 N–H and O–H groups in total. The van der Waals surface area contributed by atoms with Crippen molar-refractivity contribution in [1.82, 2.24) is 0 Å². The van der Waals surface area contributed by atoms with Crippen molar-refractivity contribution in [2.45, 2.75) is 45.4 Å². The summed E-state index contributed by atoms with van der Waals surface area (Å²) in [6.07, 6.45) is 0. The third-order valence-electron chi connectivity index (χ3n) is 4.06. The predicted octanol–water partition coefficient (Wildman–Crippen LogP) is 4.54. The molecule has 0 aliphatic heterocycles. The average Bonchev–Trinajstić information content (AvgIpc) is 2.50. The van der Waals surface area contributed by atoms with E-state index in [1.54, 1.807) is 12.1 Å². The third-order valence-corrected chi connectivity index (χ3v) is 5.43. The molecule has 0 aromatic heterocycles. The highest BCUT2D eigenvalue weighted by Crippen LogP contribution is 2.31. The number of aryl methyl sites for hydroxylation is 3. The Morgan fingerprint density at radius 2 is 1.58 bits per heavy atom. The highest BCUT2D eigenvalue weighted by atomic mass is 32.2. The fourth-order valence-corrected chi connectivity index (χ4v) is 4.20. The van der Waals surface area contributed by atoms with Gasteiger partial charge in [0.25, 0.3) is 10.0 Å². The molecule has 2 aromatic rings. The molecule has 2 rings (SSSR count). The van der Waals surface area contributed by atoms with E-state index in [1.807, 2.05) is 52.8 Å². The van der Waals surface area contributed by atoms with Crippen LogP contribution in [0.15, 0.2) is 35.2 Å². The minimum atomic E-state index is -3.74. The zero-order valence-corrected chi connectivity index (χ0v) is 15.9. The highest BCUT2D eigenvalue weighted by Gasteiger charge is 2.22. The minimum absolute atomic E-state index is 0.163. The maximum absolute atomic E-state index is 13.0. The third kappa shape index (κ3) is 3.73. The molecule has 0 saturated heterocycles. The Hall–Kier alpha value is -2.01. The molecule has 24 heavy (non-hydrogen) atoms. The summed E-state index contributed by atoms with van der Waals surface area (Å²) in [6, 6.07) is 9.22. The zero-order valence-electron chi connectivity index (χ0n) is 15.1. The summed E-state index contributed by atoms with van der Waals surface area (Å²) in [5.74, 6) is 0.571. The van der Waals surface area contributed by atoms with E-state index in [1.165, 1.54) is 7.11 Å². The standard InChI is InChI=1S/C19H25NO3S/c1-12(2)16-7-8-17(23-6)18(11-16)24(21,22)20-19-14(4)9-13(3)10-15(19)5/h7-12,20H,1-6H3. The van der Waals surface area contributed by atoms with Crippen LogP contribution in [0.25, 0.3) is 0 Å². The molecule has 0 spiro atoms. The molecule has 0 aliphatic rings. The minimum Gasteiger partial charge on any atom is -0.495 e. The fraction of sp³-hybridized carbons (Fsp3) is 0.368. The van der Waals surface area contributed by atoms with Crippen LogP contribution in [0.4, 0.5) is 5.69 Å². The first-order chi connectivity index (χ1) is 11.2. The van der Waals surface area contributed by atoms with Crippen molar-refractivity contribution in [3.63, 3.8) is 0 Å². The summed E-state index contributed by atoms with van der Waals surface area (Å²) >= 11 is 0. The number of hydrogen-bond donors (Lipinski definition) is 1. The van der Waals surface area contributed by atoms with E-state index < -0.39 is 10.0 Å². The smallest absolute Gasteiger partial charge is 0.265 e. The molecule has 0 amide bonds. The van der Waals surface area contributed by atoms with Crippen LogP contribution in [-0.2, 0) is 10.0 Å². The van der Waals surface area contributed by atoms with Gasteiger partial charge in [0.05, 0.1) is 12.8 Å². The van der Waals surface area contributed by atoms with Gasteiger partial charge < -0.3 is 4.74 Å². The quantitative estimate of drug-likeness (QED) is 0.863. The maximum Gasteiger partial charge on any atom is 0.265 e. The summed E-state index contributed by atoms with van der Waals surface area (Å²) in [7, 11) is -2.27. The van der Waals surface area contributed by atoms with E-state index in [4.69, 9.17) is 4.74 Å². The molecule has 0 fully saturated rings. The number of sulfonamides is 1. The van der Waals surface area contributed by atoms with Gasteiger partial charge in [-0.3, -0.25) is 4.72 Å². The Bertz CT molecular complexity index is 832. The molecule has 0 unspecified atom stereocenters. The molecule has 0 heterocycles. The second kappa shape index (κ2) is 6.85. The van der Waals surface area contributed by atoms with Gasteiger partial charge in [-0.1, -0.05) is 37.6 Å². The van der Waals surface area contributed by atoms with Crippen molar-refractivity contribution < 1.29 is 13.2 Å².